The highest BCUT2D eigenvalue weighted by molar-refractivity contribution is 5.25. The van der Waals surface area contributed by atoms with Gasteiger partial charge < -0.3 is 0 Å². The molecule has 10 heavy (non-hydrogen) atoms. The third-order valence-corrected chi connectivity index (χ3v) is 1.24. The predicted molar refractivity (Wildman–Crippen MR) is 31.3 cm³/mol. The van der Waals surface area contributed by atoms with Crippen LogP contribution in [0.2, 0.25) is 0 Å². The van der Waals surface area contributed by atoms with Crippen LogP contribution in [0.25, 0.3) is 0 Å². The molecule has 56 valence electrons. The molecule has 0 aromatic heterocycles. The zero-order valence-electron chi connectivity index (χ0n) is 5.02. The Morgan fingerprint density at radius 2 is 2.20 bits per heavy atom. The van der Waals surface area contributed by atoms with Crippen molar-refractivity contribution in [1.82, 2.24) is 0 Å². The minimum atomic E-state index is -2.68. The monoisotopic (exact) mass is 149 g/mol. The molecule has 0 fully saturated rings. The SMILES string of the molecule is NC1(F)C=CC=C(F)C1F. The first-order valence-electron chi connectivity index (χ1n) is 2.71. The van der Waals surface area contributed by atoms with Crippen LogP contribution in [0.5, 0.6) is 0 Å². The summed E-state index contributed by atoms with van der Waals surface area (Å²) >= 11 is 0. The van der Waals surface area contributed by atoms with Crippen LogP contribution in [-0.2, 0) is 0 Å². The minimum Gasteiger partial charge on any atom is -0.293 e. The van der Waals surface area contributed by atoms with E-state index in [0.717, 1.165) is 18.2 Å². The van der Waals surface area contributed by atoms with Crippen molar-refractivity contribution < 1.29 is 13.2 Å². The number of allylic oxidation sites excluding steroid dienone is 2. The van der Waals surface area contributed by atoms with Gasteiger partial charge in [-0.05, 0) is 12.2 Å². The van der Waals surface area contributed by atoms with Crippen molar-refractivity contribution in [3.05, 3.63) is 24.1 Å². The topological polar surface area (TPSA) is 26.0 Å². The molecular weight excluding hydrogens is 143 g/mol. The van der Waals surface area contributed by atoms with E-state index >= 15 is 0 Å². The van der Waals surface area contributed by atoms with E-state index in [4.69, 9.17) is 5.73 Å². The van der Waals surface area contributed by atoms with Gasteiger partial charge in [-0.3, -0.25) is 5.73 Å². The number of halogens is 3. The van der Waals surface area contributed by atoms with Crippen LogP contribution in [0.1, 0.15) is 0 Å². The summed E-state index contributed by atoms with van der Waals surface area (Å²) in [6.45, 7) is 0. The highest BCUT2D eigenvalue weighted by Crippen LogP contribution is 2.26. The predicted octanol–water partition coefficient (Wildman–Crippen LogP) is 1.37. The Morgan fingerprint density at radius 3 is 2.60 bits per heavy atom. The van der Waals surface area contributed by atoms with Gasteiger partial charge in [0.05, 0.1) is 0 Å². The number of rotatable bonds is 0. The van der Waals surface area contributed by atoms with Crippen LogP contribution in [0.15, 0.2) is 24.1 Å². The molecule has 0 aromatic carbocycles. The quantitative estimate of drug-likeness (QED) is 0.517. The molecule has 1 nitrogen and oxygen atoms in total. The van der Waals surface area contributed by atoms with Gasteiger partial charge in [0.25, 0.3) is 0 Å². The zero-order valence-corrected chi connectivity index (χ0v) is 5.02. The summed E-state index contributed by atoms with van der Waals surface area (Å²) in [5.41, 5.74) is 4.70. The Balaban J connectivity index is 2.89. The molecule has 0 bridgehead atoms. The molecule has 0 amide bonds. The Morgan fingerprint density at radius 1 is 1.60 bits per heavy atom. The number of hydrogen-bond donors (Lipinski definition) is 1. The van der Waals surface area contributed by atoms with Crippen LogP contribution in [0, 0.1) is 0 Å². The summed E-state index contributed by atoms with van der Waals surface area (Å²) in [7, 11) is 0. The van der Waals surface area contributed by atoms with E-state index in [2.05, 4.69) is 0 Å². The smallest absolute Gasteiger partial charge is 0.216 e. The van der Waals surface area contributed by atoms with Crippen molar-refractivity contribution in [3.63, 3.8) is 0 Å². The van der Waals surface area contributed by atoms with Gasteiger partial charge in [0.2, 0.25) is 12.0 Å². The Bertz CT molecular complexity index is 195. The zero-order chi connectivity index (χ0) is 7.78. The van der Waals surface area contributed by atoms with Crippen molar-refractivity contribution in [1.29, 1.82) is 0 Å². The van der Waals surface area contributed by atoms with Gasteiger partial charge in [-0.25, -0.2) is 13.2 Å². The maximum atomic E-state index is 12.6. The average molecular weight is 149 g/mol. The molecule has 2 atom stereocenters. The molecular formula is C6H6F3N. The van der Waals surface area contributed by atoms with E-state index in [1.807, 2.05) is 0 Å². The van der Waals surface area contributed by atoms with Crippen molar-refractivity contribution >= 4 is 0 Å². The second kappa shape index (κ2) is 2.12. The van der Waals surface area contributed by atoms with Crippen LogP contribution < -0.4 is 5.73 Å². The summed E-state index contributed by atoms with van der Waals surface area (Å²) in [6.07, 6.45) is 0.305. The fraction of sp³-hybridized carbons (Fsp3) is 0.333. The molecule has 2 N–H and O–H groups in total. The summed E-state index contributed by atoms with van der Waals surface area (Å²) in [6, 6.07) is 0. The third kappa shape index (κ3) is 1.07. The van der Waals surface area contributed by atoms with Crippen LogP contribution in [0.4, 0.5) is 13.2 Å². The largest absolute Gasteiger partial charge is 0.293 e. The molecule has 1 aliphatic carbocycles. The van der Waals surface area contributed by atoms with Crippen LogP contribution >= 0.6 is 0 Å². The lowest BCUT2D eigenvalue weighted by atomic mass is 10.0. The Kier molecular flexibility index (Phi) is 1.56. The van der Waals surface area contributed by atoms with Crippen molar-refractivity contribution in [2.24, 2.45) is 5.73 Å². The van der Waals surface area contributed by atoms with Gasteiger partial charge in [0.1, 0.15) is 5.83 Å². The van der Waals surface area contributed by atoms with Gasteiger partial charge in [-0.1, -0.05) is 6.08 Å². The fourth-order valence-electron chi connectivity index (χ4n) is 0.668. The second-order valence-corrected chi connectivity index (χ2v) is 2.10. The molecule has 1 rings (SSSR count). The normalized spacial score (nSPS) is 39.6. The first-order chi connectivity index (χ1) is 4.54. The van der Waals surface area contributed by atoms with Gasteiger partial charge in [0, 0.05) is 0 Å². The first kappa shape index (κ1) is 7.34. The van der Waals surface area contributed by atoms with Crippen molar-refractivity contribution in [2.75, 3.05) is 0 Å². The Hall–Kier alpha value is -0.770. The van der Waals surface area contributed by atoms with Crippen LogP contribution in [-0.4, -0.2) is 12.0 Å². The molecule has 0 saturated carbocycles. The number of alkyl halides is 2. The van der Waals surface area contributed by atoms with Crippen molar-refractivity contribution in [3.8, 4) is 0 Å². The second-order valence-electron chi connectivity index (χ2n) is 2.10. The Labute approximate surface area is 56.0 Å². The van der Waals surface area contributed by atoms with E-state index in [1.54, 1.807) is 0 Å². The summed E-state index contributed by atoms with van der Waals surface area (Å²) in [5, 5.41) is 0. The minimum absolute atomic E-state index is 0.779. The number of nitrogens with two attached hydrogens (primary N) is 1. The lowest BCUT2D eigenvalue weighted by Crippen LogP contribution is -2.43. The molecule has 2 unspecified atom stereocenters. The highest BCUT2D eigenvalue weighted by Gasteiger charge is 2.37. The molecule has 1 aliphatic rings. The van der Waals surface area contributed by atoms with E-state index in [9.17, 15) is 13.2 Å². The molecule has 0 aromatic rings. The first-order valence-corrected chi connectivity index (χ1v) is 2.71. The van der Waals surface area contributed by atoms with E-state index in [1.165, 1.54) is 0 Å². The van der Waals surface area contributed by atoms with E-state index < -0.39 is 17.8 Å². The summed E-state index contributed by atoms with van der Waals surface area (Å²) < 4.78 is 37.1. The van der Waals surface area contributed by atoms with Gasteiger partial charge in [0.15, 0.2) is 0 Å². The molecule has 0 spiro atoms. The lowest BCUT2D eigenvalue weighted by Gasteiger charge is -2.21. The van der Waals surface area contributed by atoms with E-state index in [0.29, 0.717) is 0 Å². The van der Waals surface area contributed by atoms with Gasteiger partial charge >= 0.3 is 0 Å². The van der Waals surface area contributed by atoms with Gasteiger partial charge in [-0.15, -0.1) is 0 Å². The standard InChI is InChI=1S/C6H6F3N/c7-4-2-1-3-6(9,10)5(4)8/h1-3,5H,10H2. The molecule has 0 heterocycles. The van der Waals surface area contributed by atoms with E-state index in [-0.39, 0.29) is 0 Å². The van der Waals surface area contributed by atoms with Gasteiger partial charge in [-0.2, -0.15) is 0 Å². The maximum Gasteiger partial charge on any atom is 0.216 e. The van der Waals surface area contributed by atoms with Crippen LogP contribution in [0.3, 0.4) is 0 Å². The molecule has 0 aliphatic heterocycles. The molecule has 0 saturated heterocycles. The highest BCUT2D eigenvalue weighted by atomic mass is 19.2. The molecule has 0 radical (unpaired) electrons. The lowest BCUT2D eigenvalue weighted by molar-refractivity contribution is 0.107. The fourth-order valence-corrected chi connectivity index (χ4v) is 0.668. The summed E-state index contributed by atoms with van der Waals surface area (Å²) in [5.74, 6) is -3.86. The molecule has 4 heteroatoms. The third-order valence-electron chi connectivity index (χ3n) is 1.24. The number of hydrogen-bond acceptors (Lipinski definition) is 1. The van der Waals surface area contributed by atoms with Crippen molar-refractivity contribution in [2.45, 2.75) is 12.0 Å². The maximum absolute atomic E-state index is 12.6. The average Bonchev–Trinajstić information content (AvgIpc) is 1.83. The summed E-state index contributed by atoms with van der Waals surface area (Å²) in [4.78, 5) is 0.